The number of nitrogen functional groups attached to an aromatic ring is 1. The lowest BCUT2D eigenvalue weighted by atomic mass is 10.2. The number of aromatic nitrogens is 2. The summed E-state index contributed by atoms with van der Waals surface area (Å²) in [5, 5.41) is 3.98. The molecular formula is C19H19N5O2. The number of benzene rings is 2. The largest absolute Gasteiger partial charge is 0.399 e. The van der Waals surface area contributed by atoms with Gasteiger partial charge in [-0.05, 0) is 43.3 Å². The first-order valence-corrected chi connectivity index (χ1v) is 8.02. The average molecular weight is 349 g/mol. The molecule has 0 bridgehead atoms. The van der Waals surface area contributed by atoms with Crippen molar-refractivity contribution < 1.29 is 4.79 Å². The highest BCUT2D eigenvalue weighted by Crippen LogP contribution is 2.09. The molecule has 3 aromatic rings. The van der Waals surface area contributed by atoms with Crippen LogP contribution >= 0.6 is 0 Å². The fourth-order valence-corrected chi connectivity index (χ4v) is 2.65. The minimum absolute atomic E-state index is 0.134. The van der Waals surface area contributed by atoms with E-state index < -0.39 is 0 Å². The van der Waals surface area contributed by atoms with Gasteiger partial charge in [-0.2, -0.15) is 5.10 Å². The Hall–Kier alpha value is -3.61. The molecule has 0 saturated carbocycles. The summed E-state index contributed by atoms with van der Waals surface area (Å²) in [7, 11) is 1.77. The third-order valence-corrected chi connectivity index (χ3v) is 4.07. The number of nitrogens with one attached hydrogen (secondary N) is 1. The summed E-state index contributed by atoms with van der Waals surface area (Å²) in [5.74, 6) is -0.355. The zero-order valence-electron chi connectivity index (χ0n) is 14.5. The van der Waals surface area contributed by atoms with E-state index in [0.717, 1.165) is 5.69 Å². The van der Waals surface area contributed by atoms with Gasteiger partial charge in [-0.25, -0.2) is 10.1 Å². The lowest BCUT2D eigenvalue weighted by Gasteiger charge is -2.08. The first-order valence-electron chi connectivity index (χ1n) is 8.02. The third-order valence-electron chi connectivity index (χ3n) is 4.07. The molecule has 132 valence electrons. The quantitative estimate of drug-likeness (QED) is 0.427. The van der Waals surface area contributed by atoms with E-state index in [1.807, 2.05) is 30.3 Å². The minimum Gasteiger partial charge on any atom is -0.399 e. The Morgan fingerprint density at radius 3 is 2.42 bits per heavy atom. The van der Waals surface area contributed by atoms with E-state index in [1.165, 1.54) is 6.21 Å². The maximum absolute atomic E-state index is 12.5. The van der Waals surface area contributed by atoms with E-state index in [-0.39, 0.29) is 11.5 Å². The van der Waals surface area contributed by atoms with Gasteiger partial charge in [0.1, 0.15) is 0 Å². The molecule has 7 heteroatoms. The summed E-state index contributed by atoms with van der Waals surface area (Å²) in [6.45, 7) is 1.73. The summed E-state index contributed by atoms with van der Waals surface area (Å²) in [6.07, 6.45) is 1.46. The number of amides is 1. The Bertz CT molecular complexity index is 1010. The van der Waals surface area contributed by atoms with Crippen LogP contribution in [0.2, 0.25) is 0 Å². The number of carbonyl (C=O) groups excluding carboxylic acids is 1. The molecule has 0 spiro atoms. The van der Waals surface area contributed by atoms with Crippen LogP contribution < -0.4 is 16.7 Å². The van der Waals surface area contributed by atoms with Gasteiger partial charge in [-0.1, -0.05) is 18.2 Å². The predicted octanol–water partition coefficient (Wildman–Crippen LogP) is 1.83. The van der Waals surface area contributed by atoms with E-state index >= 15 is 0 Å². The van der Waals surface area contributed by atoms with Crippen LogP contribution in [0, 0.1) is 6.92 Å². The van der Waals surface area contributed by atoms with Gasteiger partial charge >= 0.3 is 0 Å². The maximum Gasteiger partial charge on any atom is 0.274 e. The second kappa shape index (κ2) is 7.10. The van der Waals surface area contributed by atoms with Crippen molar-refractivity contribution in [3.05, 3.63) is 81.8 Å². The van der Waals surface area contributed by atoms with Crippen molar-refractivity contribution in [2.45, 2.75) is 6.92 Å². The van der Waals surface area contributed by atoms with Crippen LogP contribution in [-0.2, 0) is 7.05 Å². The number of para-hydroxylation sites is 1. The fourth-order valence-electron chi connectivity index (χ4n) is 2.65. The van der Waals surface area contributed by atoms with E-state index in [4.69, 9.17) is 5.73 Å². The van der Waals surface area contributed by atoms with Crippen molar-refractivity contribution in [2.24, 2.45) is 12.1 Å². The van der Waals surface area contributed by atoms with Crippen LogP contribution in [0.5, 0.6) is 0 Å². The molecule has 0 unspecified atom stereocenters. The molecule has 3 N–H and O–H groups in total. The molecule has 0 saturated heterocycles. The lowest BCUT2D eigenvalue weighted by molar-refractivity contribution is 0.0955. The normalized spacial score (nSPS) is 11.0. The molecule has 1 amide bonds. The first kappa shape index (κ1) is 17.2. The third kappa shape index (κ3) is 3.27. The maximum atomic E-state index is 12.5. The van der Waals surface area contributed by atoms with Gasteiger partial charge < -0.3 is 5.73 Å². The summed E-state index contributed by atoms with van der Waals surface area (Å²) >= 11 is 0. The standard InChI is InChI=1S/C19H19N5O2/c1-13-17(12-21-22-18(25)14-8-10-15(20)11-9-14)23(2)24(19(13)26)16-6-4-3-5-7-16/h3-12H,20H2,1-2H3,(H,22,25)/b21-12-. The van der Waals surface area contributed by atoms with Crippen molar-refractivity contribution in [1.29, 1.82) is 0 Å². The van der Waals surface area contributed by atoms with Crippen molar-refractivity contribution in [3.8, 4) is 5.69 Å². The monoisotopic (exact) mass is 349 g/mol. The topological polar surface area (TPSA) is 94.4 Å². The Balaban J connectivity index is 1.84. The summed E-state index contributed by atoms with van der Waals surface area (Å²) < 4.78 is 3.25. The van der Waals surface area contributed by atoms with Crippen molar-refractivity contribution in [2.75, 3.05) is 5.73 Å². The smallest absolute Gasteiger partial charge is 0.274 e. The Labute approximate surface area is 150 Å². The molecule has 7 nitrogen and oxygen atoms in total. The average Bonchev–Trinajstić information content (AvgIpc) is 2.86. The highest BCUT2D eigenvalue weighted by atomic mass is 16.2. The summed E-state index contributed by atoms with van der Waals surface area (Å²) in [6, 6.07) is 15.9. The zero-order valence-corrected chi connectivity index (χ0v) is 14.5. The van der Waals surface area contributed by atoms with Crippen molar-refractivity contribution >= 4 is 17.8 Å². The van der Waals surface area contributed by atoms with Gasteiger partial charge in [-0.3, -0.25) is 14.3 Å². The molecule has 0 aliphatic heterocycles. The van der Waals surface area contributed by atoms with E-state index in [0.29, 0.717) is 22.5 Å². The Kier molecular flexibility index (Phi) is 4.70. The molecule has 0 aliphatic carbocycles. The number of nitrogens with two attached hydrogens (primary N) is 1. The number of rotatable bonds is 4. The molecule has 0 atom stereocenters. The van der Waals surface area contributed by atoms with Gasteiger partial charge in [-0.15, -0.1) is 0 Å². The SMILES string of the molecule is Cc1c(/C=N\NC(=O)c2ccc(N)cc2)n(C)n(-c2ccccc2)c1=O. The number of hydrogen-bond acceptors (Lipinski definition) is 4. The van der Waals surface area contributed by atoms with Crippen LogP contribution in [0.3, 0.4) is 0 Å². The van der Waals surface area contributed by atoms with Crippen molar-refractivity contribution in [3.63, 3.8) is 0 Å². The molecule has 1 heterocycles. The number of anilines is 1. The minimum atomic E-state index is -0.355. The predicted molar refractivity (Wildman–Crippen MR) is 102 cm³/mol. The second-order valence-electron chi connectivity index (χ2n) is 5.81. The van der Waals surface area contributed by atoms with Gasteiger partial charge in [0, 0.05) is 23.9 Å². The van der Waals surface area contributed by atoms with E-state index in [1.54, 1.807) is 47.6 Å². The number of hydrazone groups is 1. The molecule has 0 fully saturated rings. The molecule has 0 aliphatic rings. The van der Waals surface area contributed by atoms with Crippen LogP contribution in [0.15, 0.2) is 64.5 Å². The highest BCUT2D eigenvalue weighted by Gasteiger charge is 2.14. The van der Waals surface area contributed by atoms with Gasteiger partial charge in [0.25, 0.3) is 11.5 Å². The molecule has 26 heavy (non-hydrogen) atoms. The van der Waals surface area contributed by atoms with Crippen LogP contribution in [0.1, 0.15) is 21.6 Å². The van der Waals surface area contributed by atoms with Crippen LogP contribution in [0.25, 0.3) is 5.69 Å². The second-order valence-corrected chi connectivity index (χ2v) is 5.81. The first-order chi connectivity index (χ1) is 12.5. The lowest BCUT2D eigenvalue weighted by Crippen LogP contribution is -2.20. The zero-order chi connectivity index (χ0) is 18.7. The number of hydrogen-bond donors (Lipinski definition) is 2. The fraction of sp³-hybridized carbons (Fsp3) is 0.105. The highest BCUT2D eigenvalue weighted by molar-refractivity contribution is 5.95. The van der Waals surface area contributed by atoms with Crippen LogP contribution in [-0.4, -0.2) is 21.5 Å². The molecule has 2 aromatic carbocycles. The number of nitrogens with zero attached hydrogens (tertiary/aromatic N) is 3. The Morgan fingerprint density at radius 1 is 1.12 bits per heavy atom. The van der Waals surface area contributed by atoms with Gasteiger partial charge in [0.15, 0.2) is 0 Å². The summed E-state index contributed by atoms with van der Waals surface area (Å²) in [5.41, 5.74) is 10.9. The molecule has 1 aromatic heterocycles. The van der Waals surface area contributed by atoms with Crippen LogP contribution in [0.4, 0.5) is 5.69 Å². The van der Waals surface area contributed by atoms with Gasteiger partial charge in [0.05, 0.1) is 17.6 Å². The Morgan fingerprint density at radius 2 is 1.77 bits per heavy atom. The summed E-state index contributed by atoms with van der Waals surface area (Å²) in [4.78, 5) is 24.6. The number of carbonyl (C=O) groups is 1. The van der Waals surface area contributed by atoms with Gasteiger partial charge in [0.2, 0.25) is 0 Å². The van der Waals surface area contributed by atoms with E-state index in [9.17, 15) is 9.59 Å². The molecular weight excluding hydrogens is 330 g/mol. The molecule has 0 radical (unpaired) electrons. The molecule has 3 rings (SSSR count). The van der Waals surface area contributed by atoms with Crippen molar-refractivity contribution in [1.82, 2.24) is 14.8 Å². The van der Waals surface area contributed by atoms with E-state index in [2.05, 4.69) is 10.5 Å².